The monoisotopic (exact) mass is 265 g/mol. The van der Waals surface area contributed by atoms with Gasteiger partial charge in [-0.25, -0.2) is 4.79 Å². The van der Waals surface area contributed by atoms with Crippen LogP contribution in [0.2, 0.25) is 0 Å². The maximum atomic E-state index is 11.6. The molecule has 0 aromatic carbocycles. The van der Waals surface area contributed by atoms with Crippen molar-refractivity contribution in [3.63, 3.8) is 0 Å². The summed E-state index contributed by atoms with van der Waals surface area (Å²) in [5.74, 6) is 0.128. The average molecular weight is 265 g/mol. The van der Waals surface area contributed by atoms with Crippen molar-refractivity contribution in [2.75, 3.05) is 6.54 Å². The summed E-state index contributed by atoms with van der Waals surface area (Å²) in [6.45, 7) is 6.32. The third-order valence-corrected chi connectivity index (χ3v) is 3.44. The molecular weight excluding hydrogens is 242 g/mol. The van der Waals surface area contributed by atoms with Crippen LogP contribution in [0.25, 0.3) is 0 Å². The van der Waals surface area contributed by atoms with Crippen molar-refractivity contribution in [2.45, 2.75) is 39.3 Å². The van der Waals surface area contributed by atoms with Gasteiger partial charge in [-0.05, 0) is 25.0 Å². The third-order valence-electron chi connectivity index (χ3n) is 3.44. The molecule has 1 aromatic heterocycles. The molecule has 0 bridgehead atoms. The fraction of sp³-hybridized carbons (Fsp3) is 0.571. The number of amides is 2. The smallest absolute Gasteiger partial charge is 0.315 e. The molecule has 3 N–H and O–H groups in total. The van der Waals surface area contributed by atoms with Crippen LogP contribution in [-0.2, 0) is 6.54 Å². The molecule has 0 radical (unpaired) electrons. The molecule has 19 heavy (non-hydrogen) atoms. The Kier molecular flexibility index (Phi) is 5.76. The number of hydrogen-bond acceptors (Lipinski definition) is 3. The molecule has 5 nitrogen and oxygen atoms in total. The Morgan fingerprint density at radius 1 is 1.47 bits per heavy atom. The van der Waals surface area contributed by atoms with Crippen LogP contribution in [0.3, 0.4) is 0 Å². The van der Waals surface area contributed by atoms with E-state index in [-0.39, 0.29) is 18.5 Å². The maximum absolute atomic E-state index is 11.6. The number of nitrogens with zero attached hydrogens (tertiary/aromatic N) is 1. The van der Waals surface area contributed by atoms with Crippen molar-refractivity contribution in [2.24, 2.45) is 5.92 Å². The predicted octanol–water partition coefficient (Wildman–Crippen LogP) is 1.68. The van der Waals surface area contributed by atoms with Crippen molar-refractivity contribution < 1.29 is 9.90 Å². The van der Waals surface area contributed by atoms with Gasteiger partial charge in [0.05, 0.1) is 17.8 Å². The van der Waals surface area contributed by atoms with E-state index in [1.54, 1.807) is 13.1 Å². The summed E-state index contributed by atoms with van der Waals surface area (Å²) in [6, 6.07) is 5.24. The lowest BCUT2D eigenvalue weighted by Crippen LogP contribution is -2.47. The molecule has 0 spiro atoms. The number of aromatic nitrogens is 1. The molecule has 1 aromatic rings. The molecule has 0 saturated carbocycles. The van der Waals surface area contributed by atoms with E-state index >= 15 is 0 Å². The van der Waals surface area contributed by atoms with Gasteiger partial charge >= 0.3 is 6.03 Å². The van der Waals surface area contributed by atoms with Crippen LogP contribution < -0.4 is 10.6 Å². The molecule has 0 aliphatic rings. The van der Waals surface area contributed by atoms with Crippen molar-refractivity contribution in [1.29, 1.82) is 0 Å². The molecular formula is C14H23N3O2. The second-order valence-corrected chi connectivity index (χ2v) is 5.02. The Morgan fingerprint density at radius 3 is 2.79 bits per heavy atom. The standard InChI is InChI=1S/C14H23N3O2/c1-4-11(2)14(3,19)10-17-13(18)16-9-12-7-5-6-8-15-12/h5-8,11,19H,4,9-10H2,1-3H3,(H2,16,17,18). The second kappa shape index (κ2) is 7.09. The quantitative estimate of drug-likeness (QED) is 0.732. The van der Waals surface area contributed by atoms with Crippen LogP contribution in [0.1, 0.15) is 32.9 Å². The highest BCUT2D eigenvalue weighted by Crippen LogP contribution is 2.18. The minimum Gasteiger partial charge on any atom is -0.388 e. The lowest BCUT2D eigenvalue weighted by molar-refractivity contribution is 0.00790. The second-order valence-electron chi connectivity index (χ2n) is 5.02. The van der Waals surface area contributed by atoms with Crippen molar-refractivity contribution in [1.82, 2.24) is 15.6 Å². The Labute approximate surface area is 114 Å². The van der Waals surface area contributed by atoms with Gasteiger partial charge in [-0.3, -0.25) is 4.98 Å². The first-order chi connectivity index (χ1) is 8.95. The Morgan fingerprint density at radius 2 is 2.21 bits per heavy atom. The van der Waals surface area contributed by atoms with Crippen molar-refractivity contribution in [3.8, 4) is 0 Å². The van der Waals surface area contributed by atoms with Gasteiger partial charge in [-0.2, -0.15) is 0 Å². The van der Waals surface area contributed by atoms with Gasteiger partial charge in [0.2, 0.25) is 0 Å². The number of urea groups is 1. The summed E-state index contributed by atoms with van der Waals surface area (Å²) in [4.78, 5) is 15.7. The summed E-state index contributed by atoms with van der Waals surface area (Å²) in [6.07, 6.45) is 2.55. The van der Waals surface area contributed by atoms with Gasteiger partial charge in [-0.15, -0.1) is 0 Å². The number of hydrogen-bond donors (Lipinski definition) is 3. The van der Waals surface area contributed by atoms with Crippen molar-refractivity contribution >= 4 is 6.03 Å². The molecule has 106 valence electrons. The van der Waals surface area contributed by atoms with E-state index in [0.717, 1.165) is 12.1 Å². The first-order valence-electron chi connectivity index (χ1n) is 6.59. The Hall–Kier alpha value is -1.62. The van der Waals surface area contributed by atoms with Crippen LogP contribution in [0.15, 0.2) is 24.4 Å². The van der Waals surface area contributed by atoms with E-state index in [1.165, 1.54) is 0 Å². The molecule has 0 aliphatic carbocycles. The molecule has 1 heterocycles. The third kappa shape index (κ3) is 5.26. The fourth-order valence-electron chi connectivity index (χ4n) is 1.61. The number of aliphatic hydroxyl groups is 1. The maximum Gasteiger partial charge on any atom is 0.315 e. The fourth-order valence-corrected chi connectivity index (χ4v) is 1.61. The van der Waals surface area contributed by atoms with Crippen LogP contribution in [0, 0.1) is 5.92 Å². The summed E-state index contributed by atoms with van der Waals surface area (Å²) in [5.41, 5.74) is -0.0942. The summed E-state index contributed by atoms with van der Waals surface area (Å²) >= 11 is 0. The Bertz CT molecular complexity index is 393. The summed E-state index contributed by atoms with van der Waals surface area (Å²) in [7, 11) is 0. The van der Waals surface area contributed by atoms with Crippen LogP contribution in [-0.4, -0.2) is 28.3 Å². The number of rotatable bonds is 6. The van der Waals surface area contributed by atoms with E-state index in [2.05, 4.69) is 15.6 Å². The predicted molar refractivity (Wildman–Crippen MR) is 74.6 cm³/mol. The van der Waals surface area contributed by atoms with E-state index in [9.17, 15) is 9.90 Å². The van der Waals surface area contributed by atoms with E-state index in [4.69, 9.17) is 0 Å². The topological polar surface area (TPSA) is 74.2 Å². The zero-order chi connectivity index (χ0) is 14.3. The average Bonchev–Trinajstić information content (AvgIpc) is 2.43. The molecule has 2 unspecified atom stereocenters. The SMILES string of the molecule is CCC(C)C(C)(O)CNC(=O)NCc1ccccn1. The largest absolute Gasteiger partial charge is 0.388 e. The highest BCUT2D eigenvalue weighted by Gasteiger charge is 2.27. The number of carbonyl (C=O) groups is 1. The van der Waals surface area contributed by atoms with Gasteiger partial charge < -0.3 is 15.7 Å². The van der Waals surface area contributed by atoms with E-state index in [1.807, 2.05) is 32.0 Å². The zero-order valence-electron chi connectivity index (χ0n) is 11.8. The normalized spacial score (nSPS) is 15.4. The van der Waals surface area contributed by atoms with Crippen molar-refractivity contribution in [3.05, 3.63) is 30.1 Å². The molecule has 2 atom stereocenters. The molecule has 0 saturated heterocycles. The number of pyridine rings is 1. The summed E-state index contributed by atoms with van der Waals surface area (Å²) < 4.78 is 0. The lowest BCUT2D eigenvalue weighted by Gasteiger charge is -2.29. The van der Waals surface area contributed by atoms with E-state index < -0.39 is 5.60 Å². The minimum atomic E-state index is -0.892. The first-order valence-corrected chi connectivity index (χ1v) is 6.59. The molecule has 0 fully saturated rings. The molecule has 5 heteroatoms. The number of carbonyl (C=O) groups excluding carboxylic acids is 1. The van der Waals surface area contributed by atoms with Gasteiger partial charge in [0.1, 0.15) is 0 Å². The first kappa shape index (κ1) is 15.4. The van der Waals surface area contributed by atoms with E-state index in [0.29, 0.717) is 6.54 Å². The lowest BCUT2D eigenvalue weighted by atomic mass is 9.89. The van der Waals surface area contributed by atoms with Crippen LogP contribution in [0.5, 0.6) is 0 Å². The molecule has 0 aliphatic heterocycles. The summed E-state index contributed by atoms with van der Waals surface area (Å²) in [5, 5.41) is 15.5. The van der Waals surface area contributed by atoms with Gasteiger partial charge in [-0.1, -0.05) is 26.3 Å². The van der Waals surface area contributed by atoms with Crippen LogP contribution >= 0.6 is 0 Å². The van der Waals surface area contributed by atoms with Gasteiger partial charge in [0.15, 0.2) is 0 Å². The molecule has 2 amide bonds. The number of nitrogens with one attached hydrogen (secondary N) is 2. The highest BCUT2D eigenvalue weighted by molar-refractivity contribution is 5.73. The van der Waals surface area contributed by atoms with Gasteiger partial charge in [0.25, 0.3) is 0 Å². The van der Waals surface area contributed by atoms with Gasteiger partial charge in [0, 0.05) is 12.7 Å². The Balaban J connectivity index is 2.32. The van der Waals surface area contributed by atoms with Crippen LogP contribution in [0.4, 0.5) is 4.79 Å². The highest BCUT2D eigenvalue weighted by atomic mass is 16.3. The molecule has 1 rings (SSSR count). The minimum absolute atomic E-state index is 0.128. The zero-order valence-corrected chi connectivity index (χ0v) is 11.8.